The van der Waals surface area contributed by atoms with Crippen LogP contribution < -0.4 is 5.82 Å². The Labute approximate surface area is 62.4 Å². The van der Waals surface area contributed by atoms with Gasteiger partial charge in [0.05, 0.1) is 5.75 Å². The van der Waals surface area contributed by atoms with E-state index in [0.29, 0.717) is 17.3 Å². The molecule has 0 radical (unpaired) electrons. The fourth-order valence-corrected chi connectivity index (χ4v) is 1.16. The minimum atomic E-state index is -0.610. The lowest BCUT2D eigenvalue weighted by atomic mass is 10.4. The Morgan fingerprint density at radius 3 is 2.60 bits per heavy atom. The van der Waals surface area contributed by atoms with Gasteiger partial charge in [-0.05, 0) is 13.2 Å². The van der Waals surface area contributed by atoms with E-state index in [0.717, 1.165) is 0 Å². The van der Waals surface area contributed by atoms with Crippen LogP contribution in [0.5, 0.6) is 0 Å². The van der Waals surface area contributed by atoms with Crippen molar-refractivity contribution < 1.29 is 8.83 Å². The largest absolute Gasteiger partial charge is 0.519 e. The van der Waals surface area contributed by atoms with Crippen molar-refractivity contribution in [1.82, 2.24) is 0 Å². The summed E-state index contributed by atoms with van der Waals surface area (Å²) in [6, 6.07) is 0. The van der Waals surface area contributed by atoms with Gasteiger partial charge in [0.15, 0.2) is 5.76 Å². The van der Waals surface area contributed by atoms with Gasteiger partial charge >= 0.3 is 5.82 Å². The maximum atomic E-state index is 10.4. The Balaban J connectivity index is 2.92. The fourth-order valence-electron chi connectivity index (χ4n) is 0.637. The van der Waals surface area contributed by atoms with E-state index in [2.05, 4.69) is 4.42 Å². The lowest BCUT2D eigenvalue weighted by Crippen LogP contribution is -1.85. The monoisotopic (exact) mass is 160 g/mol. The molecular formula is C6H8O3S. The number of thioether (sulfide) groups is 1. The van der Waals surface area contributed by atoms with Gasteiger partial charge in [-0.25, -0.2) is 4.79 Å². The first-order valence-corrected chi connectivity index (χ1v) is 4.21. The first kappa shape index (κ1) is 7.47. The fraction of sp³-hybridized carbons (Fsp3) is 0.500. The molecule has 0 N–H and O–H groups in total. The molecule has 0 saturated carbocycles. The summed E-state index contributed by atoms with van der Waals surface area (Å²) in [5.74, 6) is 1.30. The number of rotatable bonds is 2. The highest BCUT2D eigenvalue weighted by molar-refractivity contribution is 7.97. The molecule has 0 aliphatic heterocycles. The second-order valence-electron chi connectivity index (χ2n) is 1.87. The summed E-state index contributed by atoms with van der Waals surface area (Å²) in [5.41, 5.74) is 0. The molecule has 0 aliphatic carbocycles. The van der Waals surface area contributed by atoms with Gasteiger partial charge in [-0.3, -0.25) is 0 Å². The summed E-state index contributed by atoms with van der Waals surface area (Å²) < 4.78 is 9.34. The molecular weight excluding hydrogens is 152 g/mol. The Kier molecular flexibility index (Phi) is 2.21. The van der Waals surface area contributed by atoms with Crippen LogP contribution in [0.15, 0.2) is 13.6 Å². The summed E-state index contributed by atoms with van der Waals surface area (Å²) in [6.45, 7) is 1.72. The zero-order valence-electron chi connectivity index (χ0n) is 5.84. The van der Waals surface area contributed by atoms with Crippen molar-refractivity contribution in [2.45, 2.75) is 12.7 Å². The van der Waals surface area contributed by atoms with E-state index in [9.17, 15) is 4.79 Å². The minimum Gasteiger partial charge on any atom is -0.396 e. The molecule has 56 valence electrons. The molecule has 0 atom stereocenters. The average molecular weight is 160 g/mol. The van der Waals surface area contributed by atoms with Crippen molar-refractivity contribution in [2.24, 2.45) is 0 Å². The van der Waals surface area contributed by atoms with E-state index in [1.54, 1.807) is 18.7 Å². The molecule has 0 saturated heterocycles. The second kappa shape index (κ2) is 2.96. The molecule has 10 heavy (non-hydrogen) atoms. The van der Waals surface area contributed by atoms with E-state index in [1.807, 2.05) is 6.26 Å². The molecule has 1 aromatic rings. The molecule has 0 aliphatic rings. The van der Waals surface area contributed by atoms with Crippen LogP contribution >= 0.6 is 11.8 Å². The Morgan fingerprint density at radius 1 is 1.50 bits per heavy atom. The van der Waals surface area contributed by atoms with Gasteiger partial charge in [-0.15, -0.1) is 0 Å². The molecule has 0 aromatic carbocycles. The van der Waals surface area contributed by atoms with Gasteiger partial charge in [0, 0.05) is 0 Å². The predicted octanol–water partition coefficient (Wildman–Crippen LogP) is 1.40. The summed E-state index contributed by atoms with van der Waals surface area (Å²) in [5, 5.41) is 0. The van der Waals surface area contributed by atoms with Crippen LogP contribution in [-0.4, -0.2) is 6.26 Å². The molecule has 0 unspecified atom stereocenters. The zero-order chi connectivity index (χ0) is 7.56. The van der Waals surface area contributed by atoms with Crippen molar-refractivity contribution in [3.63, 3.8) is 0 Å². The topological polar surface area (TPSA) is 43.4 Å². The van der Waals surface area contributed by atoms with Crippen LogP contribution in [0.1, 0.15) is 11.5 Å². The van der Waals surface area contributed by atoms with Crippen LogP contribution in [0.25, 0.3) is 0 Å². The Morgan fingerprint density at radius 2 is 2.20 bits per heavy atom. The zero-order valence-corrected chi connectivity index (χ0v) is 6.66. The van der Waals surface area contributed by atoms with E-state index in [1.165, 1.54) is 0 Å². The smallest absolute Gasteiger partial charge is 0.396 e. The van der Waals surface area contributed by atoms with Gasteiger partial charge in [0.1, 0.15) is 5.76 Å². The van der Waals surface area contributed by atoms with E-state index in [4.69, 9.17) is 4.42 Å². The van der Waals surface area contributed by atoms with Crippen LogP contribution in [0, 0.1) is 6.92 Å². The van der Waals surface area contributed by atoms with Gasteiger partial charge in [0.25, 0.3) is 0 Å². The molecule has 1 heterocycles. The van der Waals surface area contributed by atoms with E-state index >= 15 is 0 Å². The third-order valence-electron chi connectivity index (χ3n) is 1.11. The van der Waals surface area contributed by atoms with Crippen molar-refractivity contribution in [1.29, 1.82) is 0 Å². The first-order valence-electron chi connectivity index (χ1n) is 2.82. The molecule has 1 aromatic heterocycles. The highest BCUT2D eigenvalue weighted by Gasteiger charge is 2.05. The average Bonchev–Trinajstić information content (AvgIpc) is 2.13. The van der Waals surface area contributed by atoms with Crippen molar-refractivity contribution in [2.75, 3.05) is 6.26 Å². The van der Waals surface area contributed by atoms with Crippen LogP contribution in [0.4, 0.5) is 0 Å². The molecule has 0 bridgehead atoms. The highest BCUT2D eigenvalue weighted by atomic mass is 32.2. The van der Waals surface area contributed by atoms with Crippen molar-refractivity contribution in [3.05, 3.63) is 22.1 Å². The third-order valence-corrected chi connectivity index (χ3v) is 1.66. The number of hydrogen-bond donors (Lipinski definition) is 0. The number of aryl methyl sites for hydroxylation is 1. The summed E-state index contributed by atoms with van der Waals surface area (Å²) in [7, 11) is 0. The minimum absolute atomic E-state index is 0.583. The van der Waals surface area contributed by atoms with E-state index in [-0.39, 0.29) is 0 Å². The predicted molar refractivity (Wildman–Crippen MR) is 39.2 cm³/mol. The lowest BCUT2D eigenvalue weighted by Gasteiger charge is -1.87. The summed E-state index contributed by atoms with van der Waals surface area (Å²) in [4.78, 5) is 10.4. The quantitative estimate of drug-likeness (QED) is 0.656. The van der Waals surface area contributed by atoms with Gasteiger partial charge in [0.2, 0.25) is 0 Å². The van der Waals surface area contributed by atoms with Crippen LogP contribution in [0.2, 0.25) is 0 Å². The Hall–Kier alpha value is -0.640. The molecule has 1 rings (SSSR count). The summed E-state index contributed by atoms with van der Waals surface area (Å²) >= 11 is 1.59. The first-order chi connectivity index (χ1) is 4.74. The van der Waals surface area contributed by atoms with Crippen LogP contribution in [0.3, 0.4) is 0 Å². The van der Waals surface area contributed by atoms with Crippen molar-refractivity contribution in [3.8, 4) is 0 Å². The molecule has 0 amide bonds. The molecule has 0 fully saturated rings. The maximum absolute atomic E-state index is 10.4. The molecule has 3 nitrogen and oxygen atoms in total. The van der Waals surface area contributed by atoms with Gasteiger partial charge < -0.3 is 8.83 Å². The van der Waals surface area contributed by atoms with Gasteiger partial charge in [-0.2, -0.15) is 11.8 Å². The van der Waals surface area contributed by atoms with Crippen LogP contribution in [-0.2, 0) is 5.75 Å². The van der Waals surface area contributed by atoms with E-state index < -0.39 is 5.82 Å². The maximum Gasteiger partial charge on any atom is 0.519 e. The standard InChI is InChI=1S/C6H8O3S/c1-4-5(3-10-2)9-6(7)8-4/h3H2,1-2H3. The summed E-state index contributed by atoms with van der Waals surface area (Å²) in [6.07, 6.45) is 1.94. The SMILES string of the molecule is CSCc1oc(=O)oc1C. The number of hydrogen-bond acceptors (Lipinski definition) is 4. The second-order valence-corrected chi connectivity index (χ2v) is 2.73. The Bertz CT molecular complexity index is 260. The van der Waals surface area contributed by atoms with Crippen molar-refractivity contribution >= 4 is 11.8 Å². The third kappa shape index (κ3) is 1.44. The molecule has 4 heteroatoms. The lowest BCUT2D eigenvalue weighted by molar-refractivity contribution is 0.372. The highest BCUT2D eigenvalue weighted by Crippen LogP contribution is 2.11. The molecule has 0 spiro atoms. The van der Waals surface area contributed by atoms with Gasteiger partial charge in [-0.1, -0.05) is 0 Å². The normalized spacial score (nSPS) is 10.2.